The lowest BCUT2D eigenvalue weighted by molar-refractivity contribution is 0.577. The molecule has 0 atom stereocenters. The average molecular weight is 285 g/mol. The number of hydrogen-bond acceptors (Lipinski definition) is 3. The Morgan fingerprint density at radius 1 is 1.56 bits per heavy atom. The van der Waals surface area contributed by atoms with Gasteiger partial charge in [-0.25, -0.2) is 14.1 Å². The molecule has 84 valence electrons. The van der Waals surface area contributed by atoms with Crippen LogP contribution in [0.4, 0.5) is 4.39 Å². The summed E-state index contributed by atoms with van der Waals surface area (Å²) in [5.41, 5.74) is 0.569. The zero-order chi connectivity index (χ0) is 11.5. The zero-order valence-corrected chi connectivity index (χ0v) is 10.2. The first-order valence-electron chi connectivity index (χ1n) is 4.71. The van der Waals surface area contributed by atoms with Crippen molar-refractivity contribution in [2.24, 2.45) is 0 Å². The SMILES string of the molecule is CNCc1ccnc(-n2cc(Br)cn2)c1F. The van der Waals surface area contributed by atoms with Crippen LogP contribution in [-0.2, 0) is 6.54 Å². The summed E-state index contributed by atoms with van der Waals surface area (Å²) in [6.07, 6.45) is 4.82. The summed E-state index contributed by atoms with van der Waals surface area (Å²) in [7, 11) is 1.77. The number of nitrogens with zero attached hydrogens (tertiary/aromatic N) is 3. The molecule has 0 unspecified atom stereocenters. The van der Waals surface area contributed by atoms with Crippen LogP contribution in [0.15, 0.2) is 29.1 Å². The number of nitrogens with one attached hydrogen (secondary N) is 1. The number of pyridine rings is 1. The van der Waals surface area contributed by atoms with Crippen molar-refractivity contribution >= 4 is 15.9 Å². The van der Waals surface area contributed by atoms with Crippen LogP contribution in [-0.4, -0.2) is 21.8 Å². The molecule has 1 N–H and O–H groups in total. The molecular formula is C10H10BrFN4. The first-order chi connectivity index (χ1) is 7.72. The first kappa shape index (κ1) is 11.2. The highest BCUT2D eigenvalue weighted by Gasteiger charge is 2.11. The molecule has 0 spiro atoms. The summed E-state index contributed by atoms with van der Waals surface area (Å²) in [5, 5.41) is 6.90. The van der Waals surface area contributed by atoms with E-state index in [-0.39, 0.29) is 11.6 Å². The largest absolute Gasteiger partial charge is 0.316 e. The smallest absolute Gasteiger partial charge is 0.190 e. The van der Waals surface area contributed by atoms with Gasteiger partial charge in [0.15, 0.2) is 11.6 Å². The molecule has 16 heavy (non-hydrogen) atoms. The van der Waals surface area contributed by atoms with E-state index in [0.29, 0.717) is 12.1 Å². The van der Waals surface area contributed by atoms with Gasteiger partial charge in [-0.05, 0) is 29.0 Å². The number of halogens is 2. The Kier molecular flexibility index (Phi) is 3.31. The molecule has 0 amide bonds. The highest BCUT2D eigenvalue weighted by Crippen LogP contribution is 2.16. The lowest BCUT2D eigenvalue weighted by Gasteiger charge is -2.06. The zero-order valence-electron chi connectivity index (χ0n) is 8.61. The van der Waals surface area contributed by atoms with Crippen LogP contribution in [0, 0.1) is 5.82 Å². The van der Waals surface area contributed by atoms with Crippen molar-refractivity contribution in [3.8, 4) is 5.82 Å². The van der Waals surface area contributed by atoms with E-state index in [2.05, 4.69) is 31.3 Å². The lowest BCUT2D eigenvalue weighted by Crippen LogP contribution is -2.10. The Bertz CT molecular complexity index is 497. The first-order valence-corrected chi connectivity index (χ1v) is 5.50. The topological polar surface area (TPSA) is 42.7 Å². The lowest BCUT2D eigenvalue weighted by atomic mass is 10.2. The van der Waals surface area contributed by atoms with Crippen LogP contribution < -0.4 is 5.32 Å². The van der Waals surface area contributed by atoms with E-state index in [1.54, 1.807) is 31.7 Å². The maximum atomic E-state index is 14.0. The molecule has 0 aromatic carbocycles. The molecule has 0 saturated heterocycles. The Morgan fingerprint density at radius 2 is 2.38 bits per heavy atom. The third-order valence-corrected chi connectivity index (χ3v) is 2.50. The van der Waals surface area contributed by atoms with Gasteiger partial charge in [-0.1, -0.05) is 0 Å². The van der Waals surface area contributed by atoms with Crippen LogP contribution >= 0.6 is 15.9 Å². The molecule has 4 nitrogen and oxygen atoms in total. The second-order valence-electron chi connectivity index (χ2n) is 3.24. The van der Waals surface area contributed by atoms with Gasteiger partial charge in [0, 0.05) is 24.5 Å². The molecule has 0 aliphatic rings. The fraction of sp³-hybridized carbons (Fsp3) is 0.200. The van der Waals surface area contributed by atoms with Gasteiger partial charge >= 0.3 is 0 Å². The van der Waals surface area contributed by atoms with E-state index in [4.69, 9.17) is 0 Å². The molecule has 0 radical (unpaired) electrons. The van der Waals surface area contributed by atoms with Crippen molar-refractivity contribution < 1.29 is 4.39 Å². The molecular weight excluding hydrogens is 275 g/mol. The summed E-state index contributed by atoms with van der Waals surface area (Å²) in [6, 6.07) is 1.65. The van der Waals surface area contributed by atoms with Crippen molar-refractivity contribution in [3.63, 3.8) is 0 Å². The second-order valence-corrected chi connectivity index (χ2v) is 4.16. The fourth-order valence-corrected chi connectivity index (χ4v) is 1.66. The van der Waals surface area contributed by atoms with Gasteiger partial charge < -0.3 is 5.32 Å². The van der Waals surface area contributed by atoms with Crippen molar-refractivity contribution in [1.82, 2.24) is 20.1 Å². The maximum Gasteiger partial charge on any atom is 0.190 e. The molecule has 0 bridgehead atoms. The Labute approximate surface area is 101 Å². The number of hydrogen-bond donors (Lipinski definition) is 1. The normalized spacial score (nSPS) is 10.7. The van der Waals surface area contributed by atoms with Crippen LogP contribution in [0.5, 0.6) is 0 Å². The molecule has 0 fully saturated rings. The predicted octanol–water partition coefficient (Wildman–Crippen LogP) is 1.89. The summed E-state index contributed by atoms with van der Waals surface area (Å²) in [4.78, 5) is 3.98. The van der Waals surface area contributed by atoms with E-state index < -0.39 is 0 Å². The van der Waals surface area contributed by atoms with Crippen LogP contribution in [0.25, 0.3) is 5.82 Å². The fourth-order valence-electron chi connectivity index (χ4n) is 1.37. The molecule has 2 aromatic rings. The third kappa shape index (κ3) is 2.12. The van der Waals surface area contributed by atoms with Crippen molar-refractivity contribution in [1.29, 1.82) is 0 Å². The Hall–Kier alpha value is -1.27. The highest BCUT2D eigenvalue weighted by atomic mass is 79.9. The second kappa shape index (κ2) is 4.71. The molecule has 2 aromatic heterocycles. The van der Waals surface area contributed by atoms with Crippen molar-refractivity contribution in [2.75, 3.05) is 7.05 Å². The van der Waals surface area contributed by atoms with Crippen LogP contribution in [0.3, 0.4) is 0 Å². The Morgan fingerprint density at radius 3 is 3.00 bits per heavy atom. The maximum absolute atomic E-state index is 14.0. The summed E-state index contributed by atoms with van der Waals surface area (Å²) >= 11 is 3.26. The van der Waals surface area contributed by atoms with E-state index >= 15 is 0 Å². The summed E-state index contributed by atoms with van der Waals surface area (Å²) in [6.45, 7) is 0.462. The van der Waals surface area contributed by atoms with E-state index in [1.807, 2.05) is 0 Å². The van der Waals surface area contributed by atoms with Gasteiger partial charge in [0.2, 0.25) is 0 Å². The van der Waals surface area contributed by atoms with Gasteiger partial charge in [-0.15, -0.1) is 0 Å². The van der Waals surface area contributed by atoms with Crippen LogP contribution in [0.2, 0.25) is 0 Å². The van der Waals surface area contributed by atoms with E-state index in [1.165, 1.54) is 4.68 Å². The van der Waals surface area contributed by atoms with E-state index in [9.17, 15) is 4.39 Å². The molecule has 2 heterocycles. The van der Waals surface area contributed by atoms with E-state index in [0.717, 1.165) is 4.47 Å². The minimum absolute atomic E-state index is 0.207. The van der Waals surface area contributed by atoms with Gasteiger partial charge in [-0.2, -0.15) is 5.10 Å². The quantitative estimate of drug-likeness (QED) is 0.936. The Balaban J connectivity index is 2.45. The average Bonchev–Trinajstić information content (AvgIpc) is 2.68. The van der Waals surface area contributed by atoms with Gasteiger partial charge in [0.25, 0.3) is 0 Å². The van der Waals surface area contributed by atoms with Crippen LogP contribution in [0.1, 0.15) is 5.56 Å². The van der Waals surface area contributed by atoms with Gasteiger partial charge in [0.1, 0.15) is 0 Å². The standard InChI is InChI=1S/C10H10BrFN4/c1-13-4-7-2-3-14-10(9(7)12)16-6-8(11)5-15-16/h2-3,5-6,13H,4H2,1H3. The van der Waals surface area contributed by atoms with Gasteiger partial charge in [-0.3, -0.25) is 0 Å². The molecule has 0 aliphatic carbocycles. The monoisotopic (exact) mass is 284 g/mol. The summed E-state index contributed by atoms with van der Waals surface area (Å²) < 4.78 is 16.2. The molecule has 6 heteroatoms. The van der Waals surface area contributed by atoms with Crippen molar-refractivity contribution in [3.05, 3.63) is 40.5 Å². The molecule has 0 saturated carbocycles. The third-order valence-electron chi connectivity index (χ3n) is 2.09. The van der Waals surface area contributed by atoms with Gasteiger partial charge in [0.05, 0.1) is 10.7 Å². The molecule has 2 rings (SSSR count). The minimum atomic E-state index is -0.354. The van der Waals surface area contributed by atoms with Crippen molar-refractivity contribution in [2.45, 2.75) is 6.54 Å². The highest BCUT2D eigenvalue weighted by molar-refractivity contribution is 9.10. The number of rotatable bonds is 3. The summed E-state index contributed by atoms with van der Waals surface area (Å²) in [5.74, 6) is -0.147. The number of aromatic nitrogens is 3. The molecule has 0 aliphatic heterocycles. The predicted molar refractivity (Wildman–Crippen MR) is 61.8 cm³/mol. The minimum Gasteiger partial charge on any atom is -0.316 e.